The third-order valence-corrected chi connectivity index (χ3v) is 4.86. The van der Waals surface area contributed by atoms with Crippen LogP contribution in [-0.2, 0) is 11.3 Å². The molecule has 0 bridgehead atoms. The second-order valence-corrected chi connectivity index (χ2v) is 6.67. The maximum Gasteiger partial charge on any atom is 0.0971 e. The fourth-order valence-corrected chi connectivity index (χ4v) is 3.49. The molecule has 0 saturated carbocycles. The normalized spacial score (nSPS) is 22.9. The van der Waals surface area contributed by atoms with Crippen LogP contribution in [0.4, 0.5) is 0 Å². The third-order valence-electron chi connectivity index (χ3n) is 4.86. The lowest BCUT2D eigenvalue weighted by Crippen LogP contribution is -2.48. The van der Waals surface area contributed by atoms with Gasteiger partial charge in [0.25, 0.3) is 0 Å². The predicted molar refractivity (Wildman–Crippen MR) is 92.1 cm³/mol. The average Bonchev–Trinajstić information content (AvgIpc) is 3.29. The first kappa shape index (κ1) is 15.7. The van der Waals surface area contributed by atoms with Gasteiger partial charge in [0.1, 0.15) is 0 Å². The van der Waals surface area contributed by atoms with E-state index in [1.807, 2.05) is 36.5 Å². The second-order valence-electron chi connectivity index (χ2n) is 6.67. The van der Waals surface area contributed by atoms with Gasteiger partial charge in [0.05, 0.1) is 23.7 Å². The van der Waals surface area contributed by atoms with E-state index in [1.165, 1.54) is 12.8 Å². The summed E-state index contributed by atoms with van der Waals surface area (Å²) in [6, 6.07) is 10.1. The Morgan fingerprint density at radius 3 is 2.58 bits per heavy atom. The number of ether oxygens (including phenoxy) is 1. The van der Waals surface area contributed by atoms with Gasteiger partial charge in [0.2, 0.25) is 0 Å². The van der Waals surface area contributed by atoms with E-state index < -0.39 is 0 Å². The maximum atomic E-state index is 5.75. The van der Waals surface area contributed by atoms with Crippen LogP contribution in [0.1, 0.15) is 18.5 Å². The van der Waals surface area contributed by atoms with E-state index in [0.717, 1.165) is 57.3 Å². The number of rotatable bonds is 5. The fourth-order valence-electron chi connectivity index (χ4n) is 3.49. The van der Waals surface area contributed by atoms with Crippen LogP contribution in [0.15, 0.2) is 36.5 Å². The molecule has 1 atom stereocenters. The highest BCUT2D eigenvalue weighted by atomic mass is 16.5. The SMILES string of the molecule is c1ccc(-n2ncc(CN3CCN(CC4CCCO4)CC3)n2)cc1. The molecule has 6 heteroatoms. The van der Waals surface area contributed by atoms with E-state index in [-0.39, 0.29) is 0 Å². The fraction of sp³-hybridized carbons (Fsp3) is 0.556. The highest BCUT2D eigenvalue weighted by Crippen LogP contribution is 2.15. The topological polar surface area (TPSA) is 46.4 Å². The number of hydrogen-bond acceptors (Lipinski definition) is 5. The van der Waals surface area contributed by atoms with Crippen molar-refractivity contribution in [2.45, 2.75) is 25.5 Å². The van der Waals surface area contributed by atoms with Crippen LogP contribution >= 0.6 is 0 Å². The molecule has 24 heavy (non-hydrogen) atoms. The molecule has 1 aromatic carbocycles. The Morgan fingerprint density at radius 1 is 1.04 bits per heavy atom. The first-order chi connectivity index (χ1) is 11.9. The van der Waals surface area contributed by atoms with E-state index >= 15 is 0 Å². The number of hydrogen-bond donors (Lipinski definition) is 0. The maximum absolute atomic E-state index is 5.75. The van der Waals surface area contributed by atoms with Gasteiger partial charge >= 0.3 is 0 Å². The Balaban J connectivity index is 1.27. The molecule has 2 saturated heterocycles. The average molecular weight is 327 g/mol. The van der Waals surface area contributed by atoms with Crippen molar-refractivity contribution in [2.24, 2.45) is 0 Å². The number of benzene rings is 1. The van der Waals surface area contributed by atoms with Crippen LogP contribution in [0, 0.1) is 0 Å². The molecule has 4 rings (SSSR count). The molecule has 0 spiro atoms. The summed E-state index contributed by atoms with van der Waals surface area (Å²) in [5, 5.41) is 8.99. The van der Waals surface area contributed by atoms with Gasteiger partial charge in [-0.3, -0.25) is 9.80 Å². The highest BCUT2D eigenvalue weighted by Gasteiger charge is 2.23. The quantitative estimate of drug-likeness (QED) is 0.834. The minimum Gasteiger partial charge on any atom is -0.377 e. The molecule has 2 aliphatic rings. The lowest BCUT2D eigenvalue weighted by atomic mass is 10.2. The Morgan fingerprint density at radius 2 is 1.83 bits per heavy atom. The monoisotopic (exact) mass is 327 g/mol. The summed E-state index contributed by atoms with van der Waals surface area (Å²) in [7, 11) is 0. The minimum atomic E-state index is 0.460. The molecule has 0 N–H and O–H groups in total. The molecule has 0 radical (unpaired) electrons. The van der Waals surface area contributed by atoms with Gasteiger partial charge in [-0.25, -0.2) is 0 Å². The van der Waals surface area contributed by atoms with E-state index in [0.29, 0.717) is 6.10 Å². The van der Waals surface area contributed by atoms with Gasteiger partial charge in [-0.05, 0) is 25.0 Å². The van der Waals surface area contributed by atoms with Gasteiger partial charge in [-0.15, -0.1) is 0 Å². The van der Waals surface area contributed by atoms with Gasteiger partial charge < -0.3 is 4.74 Å². The van der Waals surface area contributed by atoms with Gasteiger partial charge in [-0.2, -0.15) is 15.0 Å². The molecule has 128 valence electrons. The lowest BCUT2D eigenvalue weighted by molar-refractivity contribution is 0.0487. The molecule has 1 aromatic heterocycles. The Bertz CT molecular complexity index is 630. The summed E-state index contributed by atoms with van der Waals surface area (Å²) in [6.07, 6.45) is 4.79. The van der Waals surface area contributed by atoms with Gasteiger partial charge in [0.15, 0.2) is 0 Å². The summed E-state index contributed by atoms with van der Waals surface area (Å²) < 4.78 is 5.75. The van der Waals surface area contributed by atoms with E-state index in [1.54, 1.807) is 4.80 Å². The molecular formula is C18H25N5O. The number of aromatic nitrogens is 3. The van der Waals surface area contributed by atoms with Crippen molar-refractivity contribution in [3.8, 4) is 5.69 Å². The smallest absolute Gasteiger partial charge is 0.0971 e. The van der Waals surface area contributed by atoms with Crippen molar-refractivity contribution >= 4 is 0 Å². The molecule has 3 heterocycles. The van der Waals surface area contributed by atoms with Crippen LogP contribution in [0.2, 0.25) is 0 Å². The Labute approximate surface area is 143 Å². The van der Waals surface area contributed by atoms with Gasteiger partial charge in [0, 0.05) is 45.9 Å². The van der Waals surface area contributed by atoms with Crippen LogP contribution < -0.4 is 0 Å². The number of piperazine rings is 1. The van der Waals surface area contributed by atoms with Crippen molar-refractivity contribution in [3.05, 3.63) is 42.2 Å². The zero-order valence-electron chi connectivity index (χ0n) is 14.0. The lowest BCUT2D eigenvalue weighted by Gasteiger charge is -2.35. The second kappa shape index (κ2) is 7.42. The molecule has 1 unspecified atom stereocenters. The number of nitrogens with zero attached hydrogens (tertiary/aromatic N) is 5. The van der Waals surface area contributed by atoms with E-state index in [9.17, 15) is 0 Å². The van der Waals surface area contributed by atoms with Crippen LogP contribution in [0.25, 0.3) is 5.69 Å². The minimum absolute atomic E-state index is 0.460. The highest BCUT2D eigenvalue weighted by molar-refractivity contribution is 5.28. The van der Waals surface area contributed by atoms with Crippen LogP contribution in [0.3, 0.4) is 0 Å². The molecule has 6 nitrogen and oxygen atoms in total. The number of para-hydroxylation sites is 1. The predicted octanol–water partition coefficient (Wildman–Crippen LogP) is 1.56. The van der Waals surface area contributed by atoms with E-state index in [2.05, 4.69) is 20.0 Å². The van der Waals surface area contributed by atoms with E-state index in [4.69, 9.17) is 4.74 Å². The first-order valence-electron chi connectivity index (χ1n) is 8.90. The van der Waals surface area contributed by atoms with Gasteiger partial charge in [-0.1, -0.05) is 18.2 Å². The summed E-state index contributed by atoms with van der Waals surface area (Å²) in [4.78, 5) is 6.71. The van der Waals surface area contributed by atoms with Crippen molar-refractivity contribution in [3.63, 3.8) is 0 Å². The summed E-state index contributed by atoms with van der Waals surface area (Å²) in [6.45, 7) is 7.33. The third kappa shape index (κ3) is 3.83. The molecule has 2 aromatic rings. The largest absolute Gasteiger partial charge is 0.377 e. The van der Waals surface area contributed by atoms with Crippen molar-refractivity contribution in [2.75, 3.05) is 39.3 Å². The van der Waals surface area contributed by atoms with Crippen LogP contribution in [-0.4, -0.2) is 70.2 Å². The molecule has 2 aliphatic heterocycles. The standard InChI is InChI=1S/C18H25N5O/c1-2-5-17(6-3-1)23-19-13-16(20-23)14-21-8-10-22(11-9-21)15-18-7-4-12-24-18/h1-3,5-6,13,18H,4,7-12,14-15H2. The zero-order valence-corrected chi connectivity index (χ0v) is 14.0. The van der Waals surface area contributed by atoms with Crippen LogP contribution in [0.5, 0.6) is 0 Å². The van der Waals surface area contributed by atoms with Crippen molar-refractivity contribution in [1.82, 2.24) is 24.8 Å². The first-order valence-corrected chi connectivity index (χ1v) is 8.90. The van der Waals surface area contributed by atoms with Crippen molar-refractivity contribution < 1.29 is 4.74 Å². The molecule has 0 amide bonds. The Kier molecular flexibility index (Phi) is 4.87. The van der Waals surface area contributed by atoms with Crippen molar-refractivity contribution in [1.29, 1.82) is 0 Å². The molecular weight excluding hydrogens is 302 g/mol. The molecule has 2 fully saturated rings. The Hall–Kier alpha value is -1.76. The summed E-state index contributed by atoms with van der Waals surface area (Å²) in [5.41, 5.74) is 2.04. The summed E-state index contributed by atoms with van der Waals surface area (Å²) >= 11 is 0. The zero-order chi connectivity index (χ0) is 16.2. The summed E-state index contributed by atoms with van der Waals surface area (Å²) in [5.74, 6) is 0. The molecule has 0 aliphatic carbocycles.